The van der Waals surface area contributed by atoms with Gasteiger partial charge in [0, 0.05) is 12.0 Å². The van der Waals surface area contributed by atoms with Crippen molar-refractivity contribution in [3.05, 3.63) is 0 Å². The number of nitrogens with one attached hydrogen (secondary N) is 1. The Balaban J connectivity index is 2.38. The van der Waals surface area contributed by atoms with E-state index in [1.54, 1.807) is 0 Å². The Bertz CT molecular complexity index is 112. The lowest BCUT2D eigenvalue weighted by Crippen LogP contribution is -2.29. The average molecular weight is 143 g/mol. The highest BCUT2D eigenvalue weighted by Crippen LogP contribution is 2.30. The fraction of sp³-hybridized carbons (Fsp3) is 1.00. The van der Waals surface area contributed by atoms with Crippen molar-refractivity contribution in [1.29, 1.82) is 0 Å². The minimum atomic E-state index is 0.383. The van der Waals surface area contributed by atoms with Crippen molar-refractivity contribution in [2.45, 2.75) is 26.4 Å². The Hall–Kier alpha value is -0.0800. The van der Waals surface area contributed by atoms with E-state index < -0.39 is 0 Å². The molecule has 1 aliphatic rings. The van der Waals surface area contributed by atoms with Gasteiger partial charge in [-0.3, -0.25) is 0 Å². The lowest BCUT2D eigenvalue weighted by atomic mass is 9.88. The average Bonchev–Trinajstić information content (AvgIpc) is 2.12. The summed E-state index contributed by atoms with van der Waals surface area (Å²) in [5.74, 6) is 0. The van der Waals surface area contributed by atoms with Gasteiger partial charge in [0.2, 0.25) is 0 Å². The molecule has 1 rings (SSSR count). The molecule has 10 heavy (non-hydrogen) atoms. The van der Waals surface area contributed by atoms with Crippen LogP contribution in [0.4, 0.5) is 0 Å². The van der Waals surface area contributed by atoms with Gasteiger partial charge >= 0.3 is 0 Å². The number of rotatable bonds is 2. The van der Waals surface area contributed by atoms with Crippen LogP contribution < -0.4 is 5.32 Å². The van der Waals surface area contributed by atoms with Gasteiger partial charge in [0.15, 0.2) is 0 Å². The fourth-order valence-electron chi connectivity index (χ4n) is 1.71. The maximum atomic E-state index is 5.48. The summed E-state index contributed by atoms with van der Waals surface area (Å²) in [5.41, 5.74) is 0.383. The van der Waals surface area contributed by atoms with Gasteiger partial charge in [0.25, 0.3) is 0 Å². The first-order chi connectivity index (χ1) is 4.66. The maximum absolute atomic E-state index is 5.48. The van der Waals surface area contributed by atoms with Crippen molar-refractivity contribution in [2.24, 2.45) is 5.41 Å². The summed E-state index contributed by atoms with van der Waals surface area (Å²) in [4.78, 5) is 0. The Labute approximate surface area is 63.0 Å². The zero-order chi connectivity index (χ0) is 7.61. The molecule has 2 atom stereocenters. The normalized spacial score (nSPS) is 40.5. The second kappa shape index (κ2) is 2.89. The summed E-state index contributed by atoms with van der Waals surface area (Å²) < 4.78 is 5.48. The lowest BCUT2D eigenvalue weighted by molar-refractivity contribution is 0.109. The van der Waals surface area contributed by atoms with Crippen LogP contribution in [0.2, 0.25) is 0 Å². The molecule has 0 aliphatic carbocycles. The molecule has 1 saturated heterocycles. The molecule has 2 unspecified atom stereocenters. The summed E-state index contributed by atoms with van der Waals surface area (Å²) in [6, 6.07) is 0. The van der Waals surface area contributed by atoms with E-state index in [9.17, 15) is 0 Å². The number of ether oxygens (including phenoxy) is 1. The number of hydrogen-bond donors (Lipinski definition) is 1. The van der Waals surface area contributed by atoms with Crippen LogP contribution in [0.3, 0.4) is 0 Å². The molecule has 60 valence electrons. The highest BCUT2D eigenvalue weighted by atomic mass is 16.5. The van der Waals surface area contributed by atoms with E-state index in [-0.39, 0.29) is 0 Å². The van der Waals surface area contributed by atoms with Crippen LogP contribution in [-0.4, -0.2) is 26.3 Å². The second-order valence-electron chi connectivity index (χ2n) is 3.67. The number of hydrogen-bond acceptors (Lipinski definition) is 2. The van der Waals surface area contributed by atoms with Crippen LogP contribution in [0, 0.1) is 5.41 Å². The minimum absolute atomic E-state index is 0.383. The third-order valence-electron chi connectivity index (χ3n) is 2.10. The third kappa shape index (κ3) is 1.70. The van der Waals surface area contributed by atoms with Crippen LogP contribution in [0.15, 0.2) is 0 Å². The Morgan fingerprint density at radius 1 is 1.70 bits per heavy atom. The first-order valence-electron chi connectivity index (χ1n) is 3.92. The van der Waals surface area contributed by atoms with Crippen molar-refractivity contribution in [1.82, 2.24) is 5.32 Å². The van der Waals surface area contributed by atoms with Gasteiger partial charge < -0.3 is 10.1 Å². The largest absolute Gasteiger partial charge is 0.378 e. The molecule has 0 spiro atoms. The predicted molar refractivity (Wildman–Crippen MR) is 42.1 cm³/mol. The first-order valence-corrected chi connectivity index (χ1v) is 3.92. The van der Waals surface area contributed by atoms with Gasteiger partial charge in [-0.05, 0) is 20.4 Å². The molecule has 1 fully saturated rings. The fourth-order valence-corrected chi connectivity index (χ4v) is 1.71. The van der Waals surface area contributed by atoms with E-state index in [2.05, 4.69) is 19.2 Å². The van der Waals surface area contributed by atoms with Crippen LogP contribution in [0.25, 0.3) is 0 Å². The molecule has 0 aromatic rings. The standard InChI is InChI=1S/C8H17NO/c1-7-4-8(2,5-9-3)6-10-7/h7,9H,4-6H2,1-3H3. The quantitative estimate of drug-likeness (QED) is 0.623. The first kappa shape index (κ1) is 8.02. The molecular weight excluding hydrogens is 126 g/mol. The molecule has 0 saturated carbocycles. The van der Waals surface area contributed by atoms with E-state index in [1.165, 1.54) is 6.42 Å². The Morgan fingerprint density at radius 3 is 2.80 bits per heavy atom. The van der Waals surface area contributed by atoms with E-state index in [1.807, 2.05) is 7.05 Å². The summed E-state index contributed by atoms with van der Waals surface area (Å²) in [7, 11) is 1.99. The molecule has 0 aromatic heterocycles. The van der Waals surface area contributed by atoms with Gasteiger partial charge in [0.1, 0.15) is 0 Å². The molecule has 0 amide bonds. The highest BCUT2D eigenvalue weighted by Gasteiger charge is 2.32. The van der Waals surface area contributed by atoms with Crippen molar-refractivity contribution < 1.29 is 4.74 Å². The van der Waals surface area contributed by atoms with E-state index in [0.717, 1.165) is 13.2 Å². The van der Waals surface area contributed by atoms with Crippen LogP contribution >= 0.6 is 0 Å². The van der Waals surface area contributed by atoms with Crippen molar-refractivity contribution in [2.75, 3.05) is 20.2 Å². The second-order valence-corrected chi connectivity index (χ2v) is 3.67. The van der Waals surface area contributed by atoms with E-state index in [4.69, 9.17) is 4.74 Å². The highest BCUT2D eigenvalue weighted by molar-refractivity contribution is 4.83. The molecule has 1 N–H and O–H groups in total. The maximum Gasteiger partial charge on any atom is 0.0553 e. The van der Waals surface area contributed by atoms with Crippen LogP contribution in [0.5, 0.6) is 0 Å². The molecule has 1 aliphatic heterocycles. The molecule has 0 radical (unpaired) electrons. The Kier molecular flexibility index (Phi) is 2.32. The summed E-state index contributed by atoms with van der Waals surface area (Å²) in [6.45, 7) is 6.39. The molecule has 0 bridgehead atoms. The summed E-state index contributed by atoms with van der Waals surface area (Å²) in [6.07, 6.45) is 1.65. The van der Waals surface area contributed by atoms with E-state index in [0.29, 0.717) is 11.5 Å². The summed E-state index contributed by atoms with van der Waals surface area (Å²) in [5, 5.41) is 3.19. The third-order valence-corrected chi connectivity index (χ3v) is 2.10. The van der Waals surface area contributed by atoms with Gasteiger partial charge in [-0.15, -0.1) is 0 Å². The zero-order valence-electron chi connectivity index (χ0n) is 7.11. The lowest BCUT2D eigenvalue weighted by Gasteiger charge is -2.20. The molecule has 1 heterocycles. The van der Waals surface area contributed by atoms with Crippen LogP contribution in [-0.2, 0) is 4.74 Å². The van der Waals surface area contributed by atoms with Crippen molar-refractivity contribution >= 4 is 0 Å². The molecule has 2 nitrogen and oxygen atoms in total. The van der Waals surface area contributed by atoms with Crippen LogP contribution in [0.1, 0.15) is 20.3 Å². The minimum Gasteiger partial charge on any atom is -0.378 e. The SMILES string of the molecule is CNCC1(C)COC(C)C1. The molecule has 2 heteroatoms. The van der Waals surface area contributed by atoms with Gasteiger partial charge in [-0.2, -0.15) is 0 Å². The topological polar surface area (TPSA) is 21.3 Å². The molecule has 0 aromatic carbocycles. The van der Waals surface area contributed by atoms with Crippen molar-refractivity contribution in [3.8, 4) is 0 Å². The van der Waals surface area contributed by atoms with Gasteiger partial charge in [0.05, 0.1) is 12.7 Å². The van der Waals surface area contributed by atoms with Crippen molar-refractivity contribution in [3.63, 3.8) is 0 Å². The smallest absolute Gasteiger partial charge is 0.0553 e. The molecular formula is C8H17NO. The van der Waals surface area contributed by atoms with E-state index >= 15 is 0 Å². The monoisotopic (exact) mass is 143 g/mol. The van der Waals surface area contributed by atoms with Gasteiger partial charge in [-0.25, -0.2) is 0 Å². The summed E-state index contributed by atoms with van der Waals surface area (Å²) >= 11 is 0. The zero-order valence-corrected chi connectivity index (χ0v) is 7.11. The predicted octanol–water partition coefficient (Wildman–Crippen LogP) is 1.02. The Morgan fingerprint density at radius 2 is 2.40 bits per heavy atom. The van der Waals surface area contributed by atoms with Gasteiger partial charge in [-0.1, -0.05) is 6.92 Å².